The molecule has 0 fully saturated rings. The Balaban J connectivity index is 2.09. The molecule has 0 spiro atoms. The van der Waals surface area contributed by atoms with E-state index in [0.29, 0.717) is 15.6 Å². The highest BCUT2D eigenvalue weighted by Crippen LogP contribution is 2.24. The summed E-state index contributed by atoms with van der Waals surface area (Å²) >= 11 is 11.8. The normalized spacial score (nSPS) is 12.0. The summed E-state index contributed by atoms with van der Waals surface area (Å²) in [5.74, 6) is -0.709. The lowest BCUT2D eigenvalue weighted by Gasteiger charge is -2.21. The van der Waals surface area contributed by atoms with Gasteiger partial charge in [-0.25, -0.2) is 0 Å². The highest BCUT2D eigenvalue weighted by Gasteiger charge is 2.18. The van der Waals surface area contributed by atoms with Crippen LogP contribution in [-0.2, 0) is 4.79 Å². The van der Waals surface area contributed by atoms with Crippen molar-refractivity contribution in [3.05, 3.63) is 107 Å². The molecule has 0 saturated carbocycles. The molecule has 2 amide bonds. The zero-order chi connectivity index (χ0) is 20.5. The van der Waals surface area contributed by atoms with Crippen molar-refractivity contribution >= 4 is 35.0 Å². The third-order valence-electron chi connectivity index (χ3n) is 3.90. The zero-order valence-corrected chi connectivity index (χ0v) is 16.6. The summed E-state index contributed by atoms with van der Waals surface area (Å²) in [5, 5.41) is 6.62. The van der Waals surface area contributed by atoms with Gasteiger partial charge in [0.2, 0.25) is 5.91 Å². The minimum absolute atomic E-state index is 0.177. The van der Waals surface area contributed by atoms with Crippen molar-refractivity contribution in [1.29, 1.82) is 0 Å². The highest BCUT2D eigenvalue weighted by atomic mass is 35.5. The van der Waals surface area contributed by atoms with Crippen molar-refractivity contribution < 1.29 is 9.59 Å². The SMILES string of the molecule is C=C/C=C(\C=C)[C@H](NC(=O)CNC(=O)c1ccc(Cl)cc1)c1ccc(Cl)cc1. The van der Waals surface area contributed by atoms with Gasteiger partial charge in [0, 0.05) is 15.6 Å². The Hall–Kier alpha value is -2.82. The van der Waals surface area contributed by atoms with E-state index in [2.05, 4.69) is 23.8 Å². The molecule has 0 aliphatic rings. The van der Waals surface area contributed by atoms with Crippen LogP contribution in [0.25, 0.3) is 0 Å². The van der Waals surface area contributed by atoms with E-state index in [1.54, 1.807) is 54.6 Å². The van der Waals surface area contributed by atoms with Gasteiger partial charge >= 0.3 is 0 Å². The van der Waals surface area contributed by atoms with Crippen molar-refractivity contribution in [1.82, 2.24) is 10.6 Å². The number of nitrogens with one attached hydrogen (secondary N) is 2. The molecule has 1 atom stereocenters. The first-order valence-corrected chi connectivity index (χ1v) is 9.24. The number of carbonyl (C=O) groups excluding carboxylic acids is 2. The van der Waals surface area contributed by atoms with Crippen LogP contribution >= 0.6 is 23.2 Å². The van der Waals surface area contributed by atoms with Gasteiger partial charge in [-0.3, -0.25) is 9.59 Å². The third-order valence-corrected chi connectivity index (χ3v) is 4.41. The molecule has 0 aromatic heterocycles. The Labute approximate surface area is 174 Å². The molecular formula is C22H20Cl2N2O2. The lowest BCUT2D eigenvalue weighted by molar-refractivity contribution is -0.120. The number of halogens is 2. The number of carbonyl (C=O) groups is 2. The molecule has 28 heavy (non-hydrogen) atoms. The van der Waals surface area contributed by atoms with Crippen molar-refractivity contribution in [3.8, 4) is 0 Å². The smallest absolute Gasteiger partial charge is 0.251 e. The highest BCUT2D eigenvalue weighted by molar-refractivity contribution is 6.30. The molecule has 0 bridgehead atoms. The van der Waals surface area contributed by atoms with Gasteiger partial charge < -0.3 is 10.6 Å². The zero-order valence-electron chi connectivity index (χ0n) is 15.1. The van der Waals surface area contributed by atoms with Gasteiger partial charge in [0.15, 0.2) is 0 Å². The Bertz CT molecular complexity index is 888. The average molecular weight is 415 g/mol. The number of benzene rings is 2. The molecule has 0 unspecified atom stereocenters. The fourth-order valence-corrected chi connectivity index (χ4v) is 2.76. The van der Waals surface area contributed by atoms with E-state index >= 15 is 0 Å². The first-order chi connectivity index (χ1) is 13.4. The Morgan fingerprint density at radius 3 is 2.07 bits per heavy atom. The first kappa shape index (κ1) is 21.5. The van der Waals surface area contributed by atoms with Crippen LogP contribution in [0.2, 0.25) is 10.0 Å². The molecule has 4 nitrogen and oxygen atoms in total. The Morgan fingerprint density at radius 1 is 0.964 bits per heavy atom. The van der Waals surface area contributed by atoms with E-state index < -0.39 is 6.04 Å². The molecule has 144 valence electrons. The Kier molecular flexibility index (Phi) is 8.05. The van der Waals surface area contributed by atoms with Crippen molar-refractivity contribution in [2.24, 2.45) is 0 Å². The molecule has 0 radical (unpaired) electrons. The summed E-state index contributed by atoms with van der Waals surface area (Å²) in [7, 11) is 0. The summed E-state index contributed by atoms with van der Waals surface area (Å²) < 4.78 is 0. The fourth-order valence-electron chi connectivity index (χ4n) is 2.51. The molecular weight excluding hydrogens is 395 g/mol. The van der Waals surface area contributed by atoms with E-state index in [0.717, 1.165) is 11.1 Å². The largest absolute Gasteiger partial charge is 0.344 e. The van der Waals surface area contributed by atoms with Crippen LogP contribution in [0, 0.1) is 0 Å². The molecule has 2 rings (SSSR count). The molecule has 2 aromatic carbocycles. The van der Waals surface area contributed by atoms with E-state index in [4.69, 9.17) is 23.2 Å². The fraction of sp³-hybridized carbons (Fsp3) is 0.0909. The first-order valence-electron chi connectivity index (χ1n) is 8.48. The van der Waals surface area contributed by atoms with Crippen molar-refractivity contribution in [2.45, 2.75) is 6.04 Å². The second-order valence-electron chi connectivity index (χ2n) is 5.85. The second-order valence-corrected chi connectivity index (χ2v) is 6.72. The van der Waals surface area contributed by atoms with Gasteiger partial charge in [-0.15, -0.1) is 0 Å². The second kappa shape index (κ2) is 10.5. The summed E-state index contributed by atoms with van der Waals surface area (Å²) in [6.45, 7) is 7.31. The van der Waals surface area contributed by atoms with Crippen LogP contribution in [-0.4, -0.2) is 18.4 Å². The van der Waals surface area contributed by atoms with Crippen LogP contribution in [0.5, 0.6) is 0 Å². The molecule has 0 aliphatic carbocycles. The predicted octanol–water partition coefficient (Wildman–Crippen LogP) is 4.88. The van der Waals surface area contributed by atoms with Gasteiger partial charge in [0.25, 0.3) is 5.91 Å². The van der Waals surface area contributed by atoms with Crippen LogP contribution in [0.1, 0.15) is 22.0 Å². The number of hydrogen-bond donors (Lipinski definition) is 2. The quantitative estimate of drug-likeness (QED) is 0.604. The van der Waals surface area contributed by atoms with Crippen molar-refractivity contribution in [2.75, 3.05) is 6.54 Å². The maximum Gasteiger partial charge on any atom is 0.251 e. The van der Waals surface area contributed by atoms with Gasteiger partial charge in [0.05, 0.1) is 12.6 Å². The Morgan fingerprint density at radius 2 is 1.54 bits per heavy atom. The maximum atomic E-state index is 12.4. The third kappa shape index (κ3) is 6.12. The molecule has 0 aliphatic heterocycles. The number of rotatable bonds is 8. The minimum atomic E-state index is -0.451. The molecule has 2 N–H and O–H groups in total. The van der Waals surface area contributed by atoms with Crippen LogP contribution in [0.15, 0.2) is 85.5 Å². The number of hydrogen-bond acceptors (Lipinski definition) is 2. The summed E-state index contributed by atoms with van der Waals surface area (Å²) in [6.07, 6.45) is 5.03. The summed E-state index contributed by atoms with van der Waals surface area (Å²) in [4.78, 5) is 24.6. The minimum Gasteiger partial charge on any atom is -0.344 e. The van der Waals surface area contributed by atoms with Gasteiger partial charge in [0.1, 0.15) is 0 Å². The van der Waals surface area contributed by atoms with E-state index in [-0.39, 0.29) is 18.4 Å². The van der Waals surface area contributed by atoms with E-state index in [1.807, 2.05) is 12.1 Å². The van der Waals surface area contributed by atoms with Gasteiger partial charge in [-0.2, -0.15) is 0 Å². The molecule has 6 heteroatoms. The lowest BCUT2D eigenvalue weighted by atomic mass is 9.98. The maximum absolute atomic E-state index is 12.4. The number of amides is 2. The molecule has 2 aromatic rings. The van der Waals surface area contributed by atoms with E-state index in [9.17, 15) is 9.59 Å². The molecule has 0 saturated heterocycles. The average Bonchev–Trinajstić information content (AvgIpc) is 2.70. The lowest BCUT2D eigenvalue weighted by Crippen LogP contribution is -2.39. The monoisotopic (exact) mass is 414 g/mol. The van der Waals surface area contributed by atoms with Gasteiger partial charge in [-0.1, -0.05) is 66.7 Å². The predicted molar refractivity (Wildman–Crippen MR) is 115 cm³/mol. The van der Waals surface area contributed by atoms with Crippen LogP contribution in [0.3, 0.4) is 0 Å². The number of allylic oxidation sites excluding steroid dienone is 2. The summed E-state index contributed by atoms with van der Waals surface area (Å²) in [5.41, 5.74) is 2.01. The molecule has 0 heterocycles. The van der Waals surface area contributed by atoms with Crippen molar-refractivity contribution in [3.63, 3.8) is 0 Å². The summed E-state index contributed by atoms with van der Waals surface area (Å²) in [6, 6.07) is 13.1. The van der Waals surface area contributed by atoms with E-state index in [1.165, 1.54) is 0 Å². The van der Waals surface area contributed by atoms with Crippen LogP contribution in [0.4, 0.5) is 0 Å². The topological polar surface area (TPSA) is 58.2 Å². The standard InChI is InChI=1S/C22H20Cl2N2O2/c1-3-5-15(4-2)21(16-6-10-18(23)11-7-16)26-20(27)14-25-22(28)17-8-12-19(24)13-9-17/h3-13,21H,1-2,14H2,(H,25,28)(H,26,27)/b15-5+/t21-/m0/s1. The van der Waals surface area contributed by atoms with Crippen LogP contribution < -0.4 is 10.6 Å². The van der Waals surface area contributed by atoms with Gasteiger partial charge in [-0.05, 0) is 47.5 Å².